The van der Waals surface area contributed by atoms with Gasteiger partial charge in [0.05, 0.1) is 18.2 Å². The van der Waals surface area contributed by atoms with Crippen LogP contribution in [0.1, 0.15) is 77.6 Å². The SMILES string of the molecule is CC[C@@]12CN(c3cc(N)nc(NC[C@H]4CC[C@H](CNCCCNC5CCCCC5)CC4)n3)C1CN2CCOP(O)O. The summed E-state index contributed by atoms with van der Waals surface area (Å²) in [6, 6.07) is 3.03. The number of fused-ring (bicyclic) bond motifs is 1. The van der Waals surface area contributed by atoms with Gasteiger partial charge in [0.2, 0.25) is 5.95 Å². The molecule has 2 aliphatic heterocycles. The van der Waals surface area contributed by atoms with Gasteiger partial charge in [0.1, 0.15) is 11.6 Å². The molecule has 1 unspecified atom stereocenters. The Hall–Kier alpha value is -1.33. The van der Waals surface area contributed by atoms with Crippen LogP contribution in [0.4, 0.5) is 17.6 Å². The van der Waals surface area contributed by atoms with E-state index in [-0.39, 0.29) is 5.54 Å². The van der Waals surface area contributed by atoms with Crippen LogP contribution >= 0.6 is 8.60 Å². The van der Waals surface area contributed by atoms with E-state index in [0.29, 0.717) is 36.9 Å². The Labute approximate surface area is 247 Å². The largest absolute Gasteiger partial charge is 0.383 e. The van der Waals surface area contributed by atoms with Crippen molar-refractivity contribution in [1.29, 1.82) is 0 Å². The topological polar surface area (TPSA) is 144 Å². The summed E-state index contributed by atoms with van der Waals surface area (Å²) in [5, 5.41) is 11.0. The van der Waals surface area contributed by atoms with Crippen molar-refractivity contribution in [2.45, 2.75) is 95.2 Å². The van der Waals surface area contributed by atoms with E-state index >= 15 is 0 Å². The van der Waals surface area contributed by atoms with E-state index in [1.54, 1.807) is 0 Å². The van der Waals surface area contributed by atoms with Crippen molar-refractivity contribution in [2.75, 3.05) is 68.4 Å². The van der Waals surface area contributed by atoms with Crippen LogP contribution < -0.4 is 26.6 Å². The molecule has 5 rings (SSSR count). The third-order valence-corrected chi connectivity index (χ3v) is 10.6. The smallest absolute Gasteiger partial charge is 0.327 e. The molecule has 232 valence electrons. The van der Waals surface area contributed by atoms with Gasteiger partial charge in [-0.3, -0.25) is 4.90 Å². The fraction of sp³-hybridized carbons (Fsp3) is 0.862. The highest BCUT2D eigenvalue weighted by Crippen LogP contribution is 2.48. The molecular weight excluding hydrogens is 539 g/mol. The molecule has 3 heterocycles. The summed E-state index contributed by atoms with van der Waals surface area (Å²) in [6.45, 7) is 9.35. The molecule has 0 bridgehead atoms. The summed E-state index contributed by atoms with van der Waals surface area (Å²) in [7, 11) is -2.29. The third-order valence-electron chi connectivity index (χ3n) is 10.2. The lowest BCUT2D eigenvalue weighted by atomic mass is 9.68. The number of hydrogen-bond donors (Lipinski definition) is 6. The van der Waals surface area contributed by atoms with Crippen molar-refractivity contribution in [1.82, 2.24) is 25.5 Å². The van der Waals surface area contributed by atoms with Crippen LogP contribution in [0.25, 0.3) is 0 Å². The lowest BCUT2D eigenvalue weighted by Crippen LogP contribution is -2.87. The van der Waals surface area contributed by atoms with Crippen LogP contribution in [0.2, 0.25) is 0 Å². The molecule has 12 heteroatoms. The van der Waals surface area contributed by atoms with Crippen LogP contribution in [-0.2, 0) is 4.52 Å². The second kappa shape index (κ2) is 14.9. The quantitative estimate of drug-likeness (QED) is 0.124. The second-order valence-corrected chi connectivity index (χ2v) is 13.5. The molecule has 11 nitrogen and oxygen atoms in total. The molecule has 4 fully saturated rings. The first-order chi connectivity index (χ1) is 20.0. The van der Waals surface area contributed by atoms with Gasteiger partial charge in [-0.05, 0) is 82.8 Å². The number of anilines is 3. The molecule has 0 spiro atoms. The molecule has 0 radical (unpaired) electrons. The third kappa shape index (κ3) is 7.99. The Balaban J connectivity index is 0.980. The van der Waals surface area contributed by atoms with Crippen LogP contribution in [-0.4, -0.2) is 94.7 Å². The van der Waals surface area contributed by atoms with E-state index in [0.717, 1.165) is 63.5 Å². The van der Waals surface area contributed by atoms with Crippen molar-refractivity contribution in [3.05, 3.63) is 6.07 Å². The summed E-state index contributed by atoms with van der Waals surface area (Å²) < 4.78 is 4.99. The predicted molar refractivity (Wildman–Crippen MR) is 166 cm³/mol. The standard InChI is InChI=1S/C29H53N8O3P/c1-2-29-21-37(25(29)20-36(29)15-16-40-41(38)39)27-17-26(30)34-28(35-27)33-19-23-11-9-22(10-12-23)18-31-13-6-14-32-24-7-4-3-5-8-24/h17,22-25,31-32,38-39H,2-16,18-21H2,1H3,(H3,30,33,34,35)/t22-,23-,25?,29-/m1/s1. The van der Waals surface area contributed by atoms with Crippen LogP contribution in [0.15, 0.2) is 6.07 Å². The zero-order valence-electron chi connectivity index (χ0n) is 24.9. The summed E-state index contributed by atoms with van der Waals surface area (Å²) in [5.41, 5.74) is 6.30. The second-order valence-electron chi connectivity index (χ2n) is 12.7. The van der Waals surface area contributed by atoms with E-state index in [1.807, 2.05) is 6.07 Å². The average Bonchev–Trinajstić information content (AvgIpc) is 2.96. The van der Waals surface area contributed by atoms with Crippen LogP contribution in [0.3, 0.4) is 0 Å². The molecule has 4 aliphatic rings. The molecule has 2 saturated heterocycles. The summed E-state index contributed by atoms with van der Waals surface area (Å²) >= 11 is 0. The summed E-state index contributed by atoms with van der Waals surface area (Å²) in [5.74, 6) is 3.46. The highest BCUT2D eigenvalue weighted by atomic mass is 31.2. The number of likely N-dealkylation sites (tertiary alicyclic amines) is 1. The highest BCUT2D eigenvalue weighted by Gasteiger charge is 2.63. The van der Waals surface area contributed by atoms with E-state index in [2.05, 4.69) is 37.7 Å². The zero-order chi connectivity index (χ0) is 28.7. The van der Waals surface area contributed by atoms with E-state index in [1.165, 1.54) is 64.2 Å². The Morgan fingerprint density at radius 3 is 2.51 bits per heavy atom. The molecule has 7 N–H and O–H groups in total. The number of nitrogens with two attached hydrogens (primary N) is 1. The Morgan fingerprint density at radius 1 is 1.05 bits per heavy atom. The van der Waals surface area contributed by atoms with Crippen molar-refractivity contribution in [2.24, 2.45) is 11.8 Å². The van der Waals surface area contributed by atoms with Crippen LogP contribution in [0, 0.1) is 11.8 Å². The van der Waals surface area contributed by atoms with Crippen molar-refractivity contribution in [3.8, 4) is 0 Å². The first-order valence-electron chi connectivity index (χ1n) is 16.1. The van der Waals surface area contributed by atoms with E-state index in [9.17, 15) is 0 Å². The molecule has 0 aromatic carbocycles. The minimum atomic E-state index is -2.29. The van der Waals surface area contributed by atoms with Gasteiger partial charge < -0.3 is 40.9 Å². The molecule has 1 aromatic heterocycles. The zero-order valence-corrected chi connectivity index (χ0v) is 25.8. The number of nitrogens with one attached hydrogen (secondary N) is 3. The van der Waals surface area contributed by atoms with Crippen molar-refractivity contribution < 1.29 is 14.3 Å². The fourth-order valence-corrected chi connectivity index (χ4v) is 7.84. The molecule has 2 saturated carbocycles. The number of nitrogens with zero attached hydrogens (tertiary/aromatic N) is 4. The lowest BCUT2D eigenvalue weighted by Gasteiger charge is -2.71. The maximum absolute atomic E-state index is 9.01. The van der Waals surface area contributed by atoms with E-state index < -0.39 is 8.60 Å². The van der Waals surface area contributed by atoms with Gasteiger partial charge in [-0.15, -0.1) is 0 Å². The number of aromatic nitrogens is 2. The number of hydrogen-bond acceptors (Lipinski definition) is 11. The van der Waals surface area contributed by atoms with Gasteiger partial charge in [0.15, 0.2) is 0 Å². The lowest BCUT2D eigenvalue weighted by molar-refractivity contribution is -0.0947. The fourth-order valence-electron chi connectivity index (χ4n) is 7.59. The Morgan fingerprint density at radius 2 is 1.80 bits per heavy atom. The van der Waals surface area contributed by atoms with Crippen molar-refractivity contribution in [3.63, 3.8) is 0 Å². The molecular formula is C29H53N8O3P. The molecule has 0 amide bonds. The Kier molecular flexibility index (Phi) is 11.3. The molecule has 2 aliphatic carbocycles. The molecule has 2 atom stereocenters. The summed E-state index contributed by atoms with van der Waals surface area (Å²) in [4.78, 5) is 32.1. The minimum Gasteiger partial charge on any atom is -0.383 e. The first kappa shape index (κ1) is 31.1. The Bertz CT molecular complexity index is 947. The molecule has 41 heavy (non-hydrogen) atoms. The average molecular weight is 593 g/mol. The minimum absolute atomic E-state index is 0.101. The maximum Gasteiger partial charge on any atom is 0.327 e. The predicted octanol–water partition coefficient (Wildman–Crippen LogP) is 3.06. The number of rotatable bonds is 16. The van der Waals surface area contributed by atoms with Crippen LogP contribution in [0.5, 0.6) is 0 Å². The van der Waals surface area contributed by atoms with Gasteiger partial charge in [-0.2, -0.15) is 9.97 Å². The van der Waals surface area contributed by atoms with Gasteiger partial charge in [0.25, 0.3) is 0 Å². The number of piperazine rings is 1. The normalized spacial score (nSPS) is 28.8. The number of nitrogen functional groups attached to an aromatic ring is 1. The highest BCUT2D eigenvalue weighted by molar-refractivity contribution is 7.39. The van der Waals surface area contributed by atoms with Gasteiger partial charge in [0, 0.05) is 38.3 Å². The van der Waals surface area contributed by atoms with Gasteiger partial charge >= 0.3 is 8.60 Å². The summed E-state index contributed by atoms with van der Waals surface area (Å²) in [6.07, 6.45) is 14.3. The monoisotopic (exact) mass is 592 g/mol. The van der Waals surface area contributed by atoms with Crippen molar-refractivity contribution >= 4 is 26.2 Å². The maximum atomic E-state index is 9.01. The first-order valence-corrected chi connectivity index (χ1v) is 17.3. The van der Waals surface area contributed by atoms with E-state index in [4.69, 9.17) is 25.0 Å². The van der Waals surface area contributed by atoms with Gasteiger partial charge in [-0.1, -0.05) is 26.2 Å². The van der Waals surface area contributed by atoms with Gasteiger partial charge in [-0.25, -0.2) is 0 Å². The molecule has 1 aromatic rings.